The van der Waals surface area contributed by atoms with Crippen LogP contribution < -0.4 is 5.32 Å². The fraction of sp³-hybridized carbons (Fsp3) is 0.714. The van der Waals surface area contributed by atoms with Crippen LogP contribution in [-0.2, 0) is 4.74 Å². The summed E-state index contributed by atoms with van der Waals surface area (Å²) in [6.45, 7) is 2.05. The Morgan fingerprint density at radius 3 is 2.78 bits per heavy atom. The van der Waals surface area contributed by atoms with Gasteiger partial charge in [0.2, 0.25) is 0 Å². The second-order valence-corrected chi connectivity index (χ2v) is 5.89. The number of nitrogens with one attached hydrogen (secondary N) is 1. The fourth-order valence-electron chi connectivity index (χ4n) is 3.17. The van der Waals surface area contributed by atoms with Gasteiger partial charge < -0.3 is 10.1 Å². The highest BCUT2D eigenvalue weighted by Gasteiger charge is 2.41. The SMILES string of the molecule is Cc1cc(N[C@H]2C[C@H]3CC[C@H]2O3)nc(C2CC2)n1. The molecule has 96 valence electrons. The zero-order valence-corrected chi connectivity index (χ0v) is 10.7. The molecule has 4 heteroatoms. The van der Waals surface area contributed by atoms with Crippen LogP contribution in [0.15, 0.2) is 6.07 Å². The lowest BCUT2D eigenvalue weighted by atomic mass is 9.95. The summed E-state index contributed by atoms with van der Waals surface area (Å²) in [4.78, 5) is 9.20. The van der Waals surface area contributed by atoms with Crippen LogP contribution in [0.1, 0.15) is 49.5 Å². The summed E-state index contributed by atoms with van der Waals surface area (Å²) in [6, 6.07) is 2.50. The lowest BCUT2D eigenvalue weighted by molar-refractivity contribution is 0.102. The summed E-state index contributed by atoms with van der Waals surface area (Å²) in [7, 11) is 0. The number of aryl methyl sites for hydroxylation is 1. The van der Waals surface area contributed by atoms with Gasteiger partial charge in [-0.05, 0) is 39.0 Å². The summed E-state index contributed by atoms with van der Waals surface area (Å²) >= 11 is 0. The minimum absolute atomic E-state index is 0.398. The summed E-state index contributed by atoms with van der Waals surface area (Å²) in [5, 5.41) is 3.56. The maximum Gasteiger partial charge on any atom is 0.134 e. The summed E-state index contributed by atoms with van der Waals surface area (Å²) < 4.78 is 5.87. The molecule has 0 aromatic carbocycles. The zero-order chi connectivity index (χ0) is 12.1. The molecule has 2 saturated heterocycles. The number of ether oxygens (including phenoxy) is 1. The molecule has 3 heterocycles. The van der Waals surface area contributed by atoms with Gasteiger partial charge >= 0.3 is 0 Å². The van der Waals surface area contributed by atoms with E-state index < -0.39 is 0 Å². The second-order valence-electron chi connectivity index (χ2n) is 5.89. The van der Waals surface area contributed by atoms with Crippen molar-refractivity contribution in [3.63, 3.8) is 0 Å². The van der Waals surface area contributed by atoms with Crippen molar-refractivity contribution in [3.05, 3.63) is 17.6 Å². The van der Waals surface area contributed by atoms with Gasteiger partial charge in [0.25, 0.3) is 0 Å². The van der Waals surface area contributed by atoms with Crippen LogP contribution in [0.25, 0.3) is 0 Å². The number of fused-ring (bicyclic) bond motifs is 2. The number of hydrogen-bond donors (Lipinski definition) is 1. The Labute approximate surface area is 107 Å². The van der Waals surface area contributed by atoms with E-state index in [2.05, 4.69) is 28.3 Å². The highest BCUT2D eigenvalue weighted by atomic mass is 16.5. The van der Waals surface area contributed by atoms with E-state index in [0.717, 1.165) is 23.8 Å². The molecular weight excluding hydrogens is 226 g/mol. The van der Waals surface area contributed by atoms with Crippen LogP contribution in [0.5, 0.6) is 0 Å². The average molecular weight is 245 g/mol. The monoisotopic (exact) mass is 245 g/mol. The minimum atomic E-state index is 0.398. The van der Waals surface area contributed by atoms with Gasteiger partial charge in [-0.2, -0.15) is 0 Å². The van der Waals surface area contributed by atoms with Gasteiger partial charge in [-0.1, -0.05) is 0 Å². The maximum absolute atomic E-state index is 5.87. The quantitative estimate of drug-likeness (QED) is 0.888. The first-order valence-electron chi connectivity index (χ1n) is 7.05. The van der Waals surface area contributed by atoms with E-state index >= 15 is 0 Å². The lowest BCUT2D eigenvalue weighted by Crippen LogP contribution is -2.31. The molecule has 1 aromatic rings. The van der Waals surface area contributed by atoms with Gasteiger partial charge in [-0.15, -0.1) is 0 Å². The molecule has 18 heavy (non-hydrogen) atoms. The summed E-state index contributed by atoms with van der Waals surface area (Å²) in [5.41, 5.74) is 1.07. The van der Waals surface area contributed by atoms with Gasteiger partial charge in [0.05, 0.1) is 18.2 Å². The van der Waals surface area contributed by atoms with E-state index in [1.807, 2.05) is 0 Å². The van der Waals surface area contributed by atoms with E-state index in [1.54, 1.807) is 0 Å². The minimum Gasteiger partial charge on any atom is -0.373 e. The maximum atomic E-state index is 5.87. The third-order valence-corrected chi connectivity index (χ3v) is 4.25. The molecule has 0 unspecified atom stereocenters. The van der Waals surface area contributed by atoms with Crippen LogP contribution in [0.4, 0.5) is 5.82 Å². The number of rotatable bonds is 3. The molecule has 0 spiro atoms. The van der Waals surface area contributed by atoms with E-state index in [0.29, 0.717) is 24.2 Å². The second kappa shape index (κ2) is 3.92. The Morgan fingerprint density at radius 2 is 2.11 bits per heavy atom. The Balaban J connectivity index is 1.53. The molecule has 1 aromatic heterocycles. The molecule has 1 saturated carbocycles. The Hall–Kier alpha value is -1.16. The van der Waals surface area contributed by atoms with Gasteiger partial charge in [0.15, 0.2) is 0 Å². The number of anilines is 1. The van der Waals surface area contributed by atoms with Gasteiger partial charge in [0, 0.05) is 17.7 Å². The standard InChI is InChI=1S/C14H19N3O/c1-8-6-13(17-14(15-8)9-2-3-9)16-11-7-10-4-5-12(11)18-10/h6,9-12H,2-5,7H2,1H3,(H,15,16,17)/t10-,11+,12-/m1/s1. The van der Waals surface area contributed by atoms with Crippen molar-refractivity contribution >= 4 is 5.82 Å². The zero-order valence-electron chi connectivity index (χ0n) is 10.7. The van der Waals surface area contributed by atoms with Gasteiger partial charge in [-0.25, -0.2) is 9.97 Å². The highest BCUT2D eigenvalue weighted by molar-refractivity contribution is 5.39. The third kappa shape index (κ3) is 1.88. The molecule has 0 radical (unpaired) electrons. The van der Waals surface area contributed by atoms with Crippen LogP contribution in [-0.4, -0.2) is 28.2 Å². The molecular formula is C14H19N3O. The van der Waals surface area contributed by atoms with E-state index in [9.17, 15) is 0 Å². The van der Waals surface area contributed by atoms with Crippen molar-refractivity contribution in [2.75, 3.05) is 5.32 Å². The van der Waals surface area contributed by atoms with Crippen molar-refractivity contribution in [1.82, 2.24) is 9.97 Å². The summed E-state index contributed by atoms with van der Waals surface area (Å²) in [6.07, 6.45) is 6.95. The molecule has 2 bridgehead atoms. The Bertz CT molecular complexity index is 472. The molecule has 0 amide bonds. The first kappa shape index (κ1) is 10.7. The molecule has 4 rings (SSSR count). The van der Waals surface area contributed by atoms with Crippen molar-refractivity contribution in [2.24, 2.45) is 0 Å². The number of nitrogens with zero attached hydrogens (tertiary/aromatic N) is 2. The first-order valence-corrected chi connectivity index (χ1v) is 7.05. The molecule has 1 N–H and O–H groups in total. The molecule has 3 atom stereocenters. The van der Waals surface area contributed by atoms with E-state index in [4.69, 9.17) is 4.74 Å². The van der Waals surface area contributed by atoms with Crippen molar-refractivity contribution in [2.45, 2.75) is 63.2 Å². The van der Waals surface area contributed by atoms with Crippen molar-refractivity contribution in [3.8, 4) is 0 Å². The van der Waals surface area contributed by atoms with Gasteiger partial charge in [-0.3, -0.25) is 0 Å². The predicted octanol–water partition coefficient (Wildman–Crippen LogP) is 2.39. The average Bonchev–Trinajstić information content (AvgIpc) is 3.00. The van der Waals surface area contributed by atoms with Crippen molar-refractivity contribution < 1.29 is 4.74 Å². The topological polar surface area (TPSA) is 47.0 Å². The van der Waals surface area contributed by atoms with Crippen LogP contribution in [0.2, 0.25) is 0 Å². The van der Waals surface area contributed by atoms with Crippen LogP contribution in [0, 0.1) is 6.92 Å². The first-order chi connectivity index (χ1) is 8.78. The van der Waals surface area contributed by atoms with Crippen LogP contribution in [0.3, 0.4) is 0 Å². The smallest absolute Gasteiger partial charge is 0.134 e. The number of hydrogen-bond acceptors (Lipinski definition) is 4. The lowest BCUT2D eigenvalue weighted by Gasteiger charge is -2.21. The third-order valence-electron chi connectivity index (χ3n) is 4.25. The predicted molar refractivity (Wildman–Crippen MR) is 68.7 cm³/mol. The van der Waals surface area contributed by atoms with E-state index in [1.165, 1.54) is 25.7 Å². The molecule has 1 aliphatic carbocycles. The molecule has 2 aliphatic heterocycles. The molecule has 3 fully saturated rings. The highest BCUT2D eigenvalue weighted by Crippen LogP contribution is 2.39. The largest absolute Gasteiger partial charge is 0.373 e. The molecule has 4 nitrogen and oxygen atoms in total. The molecule has 3 aliphatic rings. The fourth-order valence-corrected chi connectivity index (χ4v) is 3.17. The normalized spacial score (nSPS) is 33.9. The Kier molecular flexibility index (Phi) is 2.34. The van der Waals surface area contributed by atoms with Gasteiger partial charge in [0.1, 0.15) is 11.6 Å². The van der Waals surface area contributed by atoms with Crippen molar-refractivity contribution in [1.29, 1.82) is 0 Å². The Morgan fingerprint density at radius 1 is 1.22 bits per heavy atom. The van der Waals surface area contributed by atoms with Crippen LogP contribution >= 0.6 is 0 Å². The summed E-state index contributed by atoms with van der Waals surface area (Å²) in [5.74, 6) is 2.63. The number of aromatic nitrogens is 2. The van der Waals surface area contributed by atoms with E-state index in [-0.39, 0.29) is 0 Å².